The van der Waals surface area contributed by atoms with Gasteiger partial charge in [0.15, 0.2) is 0 Å². The molecular weight excluding hydrogens is 655 g/mol. The molecule has 0 spiro atoms. The summed E-state index contributed by atoms with van der Waals surface area (Å²) in [5, 5.41) is 0. The summed E-state index contributed by atoms with van der Waals surface area (Å²) in [7, 11) is 9.87. The Bertz CT molecular complexity index is 1490. The minimum absolute atomic E-state index is 0.0252. The molecule has 5 rings (SSSR count). The standard InChI is InChI=1S/C41H49.2ClH.Zr/c1-38(2,3)30-17-13-26(14-18-30)34-22-28-21-29-23-35(27-15-19-31(20-16-27)39(4,5)6)37(41(10,11)12)25-33(29)32(28)24-36(34)40(7,8)9;;;/h13-25H,1-12H3;2*1H;/q;;;+2/p-2. The number of halogens is 2. The topological polar surface area (TPSA) is 0 Å². The van der Waals surface area contributed by atoms with Crippen molar-refractivity contribution in [2.75, 3.05) is 0 Å². The van der Waals surface area contributed by atoms with Gasteiger partial charge in [0.25, 0.3) is 0 Å². The van der Waals surface area contributed by atoms with Crippen LogP contribution in [0, 0.1) is 6.42 Å². The molecule has 4 aromatic carbocycles. The Balaban J connectivity index is 0.00000141. The van der Waals surface area contributed by atoms with Gasteiger partial charge in [0.05, 0.1) is 0 Å². The SMILES string of the molecule is CC(C)(C)c1ccc(-c2cc3c(cc2C(C)(C)C)-c2cc(C(C)(C)C)c(-c4ccc(C(C)(C)C)cc4)cc2[CH]3)cc1.[Cl][Zr][Cl]. The molecule has 0 amide bonds. The van der Waals surface area contributed by atoms with Gasteiger partial charge in [-0.1, -0.05) is 132 Å². The zero-order chi connectivity index (χ0) is 32.8. The fourth-order valence-corrected chi connectivity index (χ4v) is 6.12. The van der Waals surface area contributed by atoms with Crippen molar-refractivity contribution >= 4 is 17.0 Å². The molecule has 1 aliphatic carbocycles. The first-order valence-electron chi connectivity index (χ1n) is 15.7. The van der Waals surface area contributed by atoms with Crippen molar-refractivity contribution in [2.24, 2.45) is 0 Å². The molecule has 0 aromatic heterocycles. The normalized spacial score (nSPS) is 13.1. The fourth-order valence-electron chi connectivity index (χ4n) is 6.12. The molecule has 1 radical (unpaired) electrons. The minimum atomic E-state index is -0.826. The second-order valence-corrected chi connectivity index (χ2v) is 20.1. The molecule has 0 saturated heterocycles. The maximum absolute atomic E-state index is 4.93. The Morgan fingerprint density at radius 1 is 0.409 bits per heavy atom. The van der Waals surface area contributed by atoms with Crippen LogP contribution in [0.25, 0.3) is 33.4 Å². The number of rotatable bonds is 2. The molecule has 0 heterocycles. The van der Waals surface area contributed by atoms with Crippen LogP contribution in [-0.2, 0) is 42.5 Å². The number of hydrogen-bond donors (Lipinski definition) is 0. The molecule has 4 aromatic rings. The third kappa shape index (κ3) is 7.65. The van der Waals surface area contributed by atoms with Crippen molar-refractivity contribution in [2.45, 2.75) is 105 Å². The van der Waals surface area contributed by atoms with E-state index in [2.05, 4.69) is 162 Å². The van der Waals surface area contributed by atoms with Crippen LogP contribution in [0.4, 0.5) is 0 Å². The van der Waals surface area contributed by atoms with E-state index in [0.717, 1.165) is 0 Å². The summed E-state index contributed by atoms with van der Waals surface area (Å²) in [6.45, 7) is 27.7. The second-order valence-electron chi connectivity index (χ2n) is 16.3. The predicted molar refractivity (Wildman–Crippen MR) is 192 cm³/mol. The molecule has 0 N–H and O–H groups in total. The van der Waals surface area contributed by atoms with Crippen LogP contribution in [0.15, 0.2) is 72.8 Å². The van der Waals surface area contributed by atoms with Crippen molar-refractivity contribution in [1.82, 2.24) is 0 Å². The van der Waals surface area contributed by atoms with Gasteiger partial charge in [-0.15, -0.1) is 0 Å². The van der Waals surface area contributed by atoms with E-state index in [1.807, 2.05) is 0 Å². The van der Waals surface area contributed by atoms with Crippen molar-refractivity contribution < 1.29 is 20.8 Å². The van der Waals surface area contributed by atoms with E-state index in [9.17, 15) is 0 Å². The summed E-state index contributed by atoms with van der Waals surface area (Å²) in [5.74, 6) is 0. The van der Waals surface area contributed by atoms with Gasteiger partial charge in [0, 0.05) is 6.42 Å². The van der Waals surface area contributed by atoms with E-state index in [1.165, 1.54) is 66.8 Å². The van der Waals surface area contributed by atoms with Crippen molar-refractivity contribution in [1.29, 1.82) is 0 Å². The average molecular weight is 704 g/mol. The fraction of sp³-hybridized carbons (Fsp3) is 0.390. The van der Waals surface area contributed by atoms with Crippen LogP contribution in [0.1, 0.15) is 116 Å². The summed E-state index contributed by atoms with van der Waals surface area (Å²) in [6.07, 6.45) is 2.41. The quantitative estimate of drug-likeness (QED) is 0.172. The molecule has 3 heteroatoms. The molecule has 0 nitrogen and oxygen atoms in total. The third-order valence-electron chi connectivity index (χ3n) is 8.72. The Labute approximate surface area is 286 Å². The van der Waals surface area contributed by atoms with Crippen LogP contribution in [0.3, 0.4) is 0 Å². The molecule has 0 aliphatic heterocycles. The molecule has 0 bridgehead atoms. The van der Waals surface area contributed by atoms with Crippen LogP contribution in [0.5, 0.6) is 0 Å². The number of benzene rings is 4. The first-order chi connectivity index (χ1) is 20.3. The van der Waals surface area contributed by atoms with Crippen molar-refractivity contribution in [3.63, 3.8) is 0 Å². The molecule has 0 unspecified atom stereocenters. The molecule has 1 aliphatic rings. The predicted octanol–water partition coefficient (Wildman–Crippen LogP) is 13.2. The van der Waals surface area contributed by atoms with Gasteiger partial charge in [0.1, 0.15) is 0 Å². The van der Waals surface area contributed by atoms with E-state index in [-0.39, 0.29) is 21.7 Å². The molecular formula is C41H49Cl2Zr. The summed E-state index contributed by atoms with van der Waals surface area (Å²) >= 11 is -0.826. The number of fused-ring (bicyclic) bond motifs is 3. The van der Waals surface area contributed by atoms with Crippen LogP contribution in [-0.4, -0.2) is 0 Å². The summed E-state index contributed by atoms with van der Waals surface area (Å²) in [5.41, 5.74) is 16.5. The molecule has 0 atom stereocenters. The summed E-state index contributed by atoms with van der Waals surface area (Å²) in [6, 6.07) is 28.3. The maximum atomic E-state index is 4.93. The molecule has 231 valence electrons. The molecule has 44 heavy (non-hydrogen) atoms. The van der Waals surface area contributed by atoms with Gasteiger partial charge in [-0.05, 0) is 113 Å². The monoisotopic (exact) mass is 701 g/mol. The summed E-state index contributed by atoms with van der Waals surface area (Å²) in [4.78, 5) is 0. The van der Waals surface area contributed by atoms with Crippen molar-refractivity contribution in [3.8, 4) is 33.4 Å². The van der Waals surface area contributed by atoms with E-state index in [0.29, 0.717) is 0 Å². The van der Waals surface area contributed by atoms with Crippen LogP contribution >= 0.6 is 17.0 Å². The van der Waals surface area contributed by atoms with E-state index >= 15 is 0 Å². The van der Waals surface area contributed by atoms with Crippen LogP contribution in [0.2, 0.25) is 0 Å². The Morgan fingerprint density at radius 2 is 0.705 bits per heavy atom. The Morgan fingerprint density at radius 3 is 0.955 bits per heavy atom. The van der Waals surface area contributed by atoms with Gasteiger partial charge in [0.2, 0.25) is 0 Å². The van der Waals surface area contributed by atoms with E-state index < -0.39 is 20.8 Å². The zero-order valence-electron chi connectivity index (χ0n) is 28.8. The van der Waals surface area contributed by atoms with Gasteiger partial charge < -0.3 is 0 Å². The third-order valence-corrected chi connectivity index (χ3v) is 8.72. The van der Waals surface area contributed by atoms with Gasteiger partial charge in [-0.25, -0.2) is 0 Å². The molecule has 0 saturated carbocycles. The Hall–Kier alpha value is -1.66. The average Bonchev–Trinajstić information content (AvgIpc) is 3.27. The first kappa shape index (κ1) is 35.2. The van der Waals surface area contributed by atoms with E-state index in [1.54, 1.807) is 0 Å². The van der Waals surface area contributed by atoms with Crippen LogP contribution < -0.4 is 0 Å². The van der Waals surface area contributed by atoms with E-state index in [4.69, 9.17) is 17.0 Å². The zero-order valence-corrected chi connectivity index (χ0v) is 32.7. The molecule has 0 fully saturated rings. The Kier molecular flexibility index (Phi) is 10.3. The summed E-state index contributed by atoms with van der Waals surface area (Å²) < 4.78 is 0. The first-order valence-corrected chi connectivity index (χ1v) is 22.0. The van der Waals surface area contributed by atoms with Gasteiger partial charge in [-0.3, -0.25) is 0 Å². The van der Waals surface area contributed by atoms with Gasteiger partial charge >= 0.3 is 37.9 Å². The second kappa shape index (κ2) is 12.9. The number of hydrogen-bond acceptors (Lipinski definition) is 0. The van der Waals surface area contributed by atoms with Gasteiger partial charge in [-0.2, -0.15) is 0 Å². The van der Waals surface area contributed by atoms with Crippen molar-refractivity contribution in [3.05, 3.63) is 113 Å².